The lowest BCUT2D eigenvalue weighted by atomic mass is 10.1. The van der Waals surface area contributed by atoms with Crippen LogP contribution in [0.5, 0.6) is 0 Å². The van der Waals surface area contributed by atoms with Gasteiger partial charge in [-0.2, -0.15) is 0 Å². The van der Waals surface area contributed by atoms with Gasteiger partial charge in [0.2, 0.25) is 0 Å². The van der Waals surface area contributed by atoms with E-state index >= 15 is 0 Å². The molecule has 0 unspecified atom stereocenters. The first-order valence-corrected chi connectivity index (χ1v) is 24.8. The van der Waals surface area contributed by atoms with Crippen molar-refractivity contribution in [3.05, 3.63) is 60.8 Å². The molecule has 0 aromatic heterocycles. The molecule has 0 radical (unpaired) electrons. The third-order valence-corrected chi connectivity index (χ3v) is 10.5. The first-order valence-electron chi connectivity index (χ1n) is 24.8. The number of ether oxygens (including phenoxy) is 3. The summed E-state index contributed by atoms with van der Waals surface area (Å²) in [6, 6.07) is 0. The fourth-order valence-corrected chi connectivity index (χ4v) is 6.78. The van der Waals surface area contributed by atoms with Gasteiger partial charge in [0.15, 0.2) is 6.10 Å². The van der Waals surface area contributed by atoms with E-state index in [0.29, 0.717) is 19.3 Å². The highest BCUT2D eigenvalue weighted by Crippen LogP contribution is 2.14. The quantitative estimate of drug-likeness (QED) is 0.0263. The third-order valence-electron chi connectivity index (χ3n) is 10.5. The van der Waals surface area contributed by atoms with Crippen molar-refractivity contribution in [2.75, 3.05) is 13.2 Å². The minimum Gasteiger partial charge on any atom is -0.462 e. The molecular weight excluding hydrogens is 733 g/mol. The average molecular weight is 825 g/mol. The molecule has 0 bridgehead atoms. The van der Waals surface area contributed by atoms with Crippen molar-refractivity contribution in [1.82, 2.24) is 0 Å². The second-order valence-electron chi connectivity index (χ2n) is 16.3. The SMILES string of the molecule is CC/C=C\C/C=C\C/C=C\C/C=C\CCCCC(=O)OC[C@H](COC(=O)CCCCCCCCC/C=C\CCCCCC)OC(=O)CCCCCCCCCCCCC. The number of hydrogen-bond donors (Lipinski definition) is 0. The number of carbonyl (C=O) groups is 3. The molecule has 340 valence electrons. The number of hydrogen-bond acceptors (Lipinski definition) is 6. The number of allylic oxidation sites excluding steroid dienone is 10. The van der Waals surface area contributed by atoms with E-state index in [2.05, 4.69) is 81.5 Å². The number of rotatable bonds is 44. The van der Waals surface area contributed by atoms with Crippen LogP contribution >= 0.6 is 0 Å². The maximum atomic E-state index is 12.7. The van der Waals surface area contributed by atoms with E-state index in [0.717, 1.165) is 83.5 Å². The third kappa shape index (κ3) is 46.0. The van der Waals surface area contributed by atoms with Crippen LogP contribution in [0, 0.1) is 0 Å². The number of carbonyl (C=O) groups excluding carboxylic acids is 3. The lowest BCUT2D eigenvalue weighted by Crippen LogP contribution is -2.30. The van der Waals surface area contributed by atoms with Crippen LogP contribution in [-0.2, 0) is 28.6 Å². The predicted molar refractivity (Wildman–Crippen MR) is 251 cm³/mol. The Morgan fingerprint density at radius 2 is 0.661 bits per heavy atom. The summed E-state index contributed by atoms with van der Waals surface area (Å²) in [6.07, 6.45) is 57.7. The van der Waals surface area contributed by atoms with Gasteiger partial charge in [-0.05, 0) is 83.5 Å². The van der Waals surface area contributed by atoms with Crippen LogP contribution < -0.4 is 0 Å². The van der Waals surface area contributed by atoms with Crippen LogP contribution in [0.1, 0.15) is 239 Å². The van der Waals surface area contributed by atoms with E-state index in [1.54, 1.807) is 0 Å². The van der Waals surface area contributed by atoms with Gasteiger partial charge in [-0.15, -0.1) is 0 Å². The topological polar surface area (TPSA) is 78.9 Å². The highest BCUT2D eigenvalue weighted by atomic mass is 16.6. The van der Waals surface area contributed by atoms with Gasteiger partial charge in [-0.1, -0.05) is 197 Å². The largest absolute Gasteiger partial charge is 0.462 e. The van der Waals surface area contributed by atoms with E-state index in [9.17, 15) is 14.4 Å². The van der Waals surface area contributed by atoms with Crippen molar-refractivity contribution in [3.8, 4) is 0 Å². The number of unbranched alkanes of at least 4 members (excludes halogenated alkanes) is 23. The summed E-state index contributed by atoms with van der Waals surface area (Å²) in [7, 11) is 0. The maximum Gasteiger partial charge on any atom is 0.306 e. The summed E-state index contributed by atoms with van der Waals surface area (Å²) >= 11 is 0. The van der Waals surface area contributed by atoms with Crippen LogP contribution in [0.3, 0.4) is 0 Å². The molecule has 0 heterocycles. The molecule has 0 saturated carbocycles. The van der Waals surface area contributed by atoms with Gasteiger partial charge in [0.05, 0.1) is 0 Å². The van der Waals surface area contributed by atoms with Crippen LogP contribution in [0.4, 0.5) is 0 Å². The Kier molecular flexibility index (Phi) is 45.4. The van der Waals surface area contributed by atoms with Crippen LogP contribution in [0.2, 0.25) is 0 Å². The van der Waals surface area contributed by atoms with E-state index in [1.165, 1.54) is 116 Å². The molecule has 6 nitrogen and oxygen atoms in total. The maximum absolute atomic E-state index is 12.7. The molecule has 0 rings (SSSR count). The fraction of sp³-hybridized carbons (Fsp3) is 0.755. The standard InChI is InChI=1S/C53H92O6/c1-4-7-10-13-16-19-22-24-26-28-31-33-36-39-42-45-51(54)57-48-50(59-53(56)47-44-41-38-35-30-21-18-15-12-9-6-3)49-58-52(55)46-43-40-37-34-32-29-27-25-23-20-17-14-11-8-5-2/h7,10,16,19-20,23-24,26,31,33,50H,4-6,8-9,11-15,17-18,21-22,25,27-30,32,34-49H2,1-3H3/b10-7-,19-16-,23-20-,26-24-,33-31-/t50-/m1/s1. The van der Waals surface area contributed by atoms with E-state index in [-0.39, 0.29) is 31.1 Å². The molecule has 0 fully saturated rings. The van der Waals surface area contributed by atoms with E-state index < -0.39 is 6.10 Å². The first-order chi connectivity index (χ1) is 29.0. The van der Waals surface area contributed by atoms with E-state index in [4.69, 9.17) is 14.2 Å². The Balaban J connectivity index is 4.42. The Morgan fingerprint density at radius 3 is 1.10 bits per heavy atom. The van der Waals surface area contributed by atoms with Gasteiger partial charge in [0.1, 0.15) is 13.2 Å². The van der Waals surface area contributed by atoms with Gasteiger partial charge in [0, 0.05) is 19.3 Å². The lowest BCUT2D eigenvalue weighted by molar-refractivity contribution is -0.167. The van der Waals surface area contributed by atoms with Gasteiger partial charge >= 0.3 is 17.9 Å². The molecule has 0 aliphatic carbocycles. The van der Waals surface area contributed by atoms with Crippen molar-refractivity contribution in [3.63, 3.8) is 0 Å². The summed E-state index contributed by atoms with van der Waals surface area (Å²) in [5, 5.41) is 0. The Labute approximate surface area is 364 Å². The highest BCUT2D eigenvalue weighted by molar-refractivity contribution is 5.71. The molecule has 0 spiro atoms. The lowest BCUT2D eigenvalue weighted by Gasteiger charge is -2.18. The fourth-order valence-electron chi connectivity index (χ4n) is 6.78. The van der Waals surface area contributed by atoms with Crippen LogP contribution in [-0.4, -0.2) is 37.2 Å². The molecule has 59 heavy (non-hydrogen) atoms. The molecule has 0 N–H and O–H groups in total. The van der Waals surface area contributed by atoms with Crippen molar-refractivity contribution in [2.24, 2.45) is 0 Å². The summed E-state index contributed by atoms with van der Waals surface area (Å²) in [4.78, 5) is 37.9. The van der Waals surface area contributed by atoms with Gasteiger partial charge < -0.3 is 14.2 Å². The first kappa shape index (κ1) is 56.1. The van der Waals surface area contributed by atoms with Crippen LogP contribution in [0.15, 0.2) is 60.8 Å². The molecule has 0 aromatic carbocycles. The zero-order valence-electron chi connectivity index (χ0n) is 38.8. The Bertz CT molecular complexity index is 1090. The molecule has 0 aliphatic rings. The van der Waals surface area contributed by atoms with Crippen LogP contribution in [0.25, 0.3) is 0 Å². The molecule has 0 aromatic rings. The zero-order chi connectivity index (χ0) is 43.0. The molecule has 1 atom stereocenters. The summed E-state index contributed by atoms with van der Waals surface area (Å²) < 4.78 is 16.7. The minimum atomic E-state index is -0.789. The number of esters is 3. The molecule has 6 heteroatoms. The Morgan fingerprint density at radius 1 is 0.356 bits per heavy atom. The summed E-state index contributed by atoms with van der Waals surface area (Å²) in [6.45, 7) is 6.46. The highest BCUT2D eigenvalue weighted by Gasteiger charge is 2.19. The summed E-state index contributed by atoms with van der Waals surface area (Å²) in [5.41, 5.74) is 0. The van der Waals surface area contributed by atoms with Crippen molar-refractivity contribution in [1.29, 1.82) is 0 Å². The molecule has 0 amide bonds. The van der Waals surface area contributed by atoms with Gasteiger partial charge in [-0.3, -0.25) is 14.4 Å². The molecule has 0 saturated heterocycles. The van der Waals surface area contributed by atoms with Crippen molar-refractivity contribution >= 4 is 17.9 Å². The second-order valence-corrected chi connectivity index (χ2v) is 16.3. The monoisotopic (exact) mass is 825 g/mol. The smallest absolute Gasteiger partial charge is 0.306 e. The Hall–Kier alpha value is -2.89. The van der Waals surface area contributed by atoms with E-state index in [1.807, 2.05) is 0 Å². The molecular formula is C53H92O6. The normalized spacial score (nSPS) is 12.5. The second kappa shape index (κ2) is 47.8. The summed E-state index contributed by atoms with van der Waals surface area (Å²) in [5.74, 6) is -0.934. The predicted octanol–water partition coefficient (Wildman–Crippen LogP) is 16.1. The van der Waals surface area contributed by atoms with Gasteiger partial charge in [-0.25, -0.2) is 0 Å². The van der Waals surface area contributed by atoms with Gasteiger partial charge in [0.25, 0.3) is 0 Å². The molecule has 0 aliphatic heterocycles. The zero-order valence-corrected chi connectivity index (χ0v) is 38.8. The van der Waals surface area contributed by atoms with Crippen molar-refractivity contribution in [2.45, 2.75) is 245 Å². The average Bonchev–Trinajstić information content (AvgIpc) is 3.23. The minimum absolute atomic E-state index is 0.0882. The van der Waals surface area contributed by atoms with Crippen molar-refractivity contribution < 1.29 is 28.6 Å².